The fraction of sp³-hybridized carbons (Fsp3) is 0.783. The standard InChI is InChI=1S/C23H41N3O/c1-7-10-13-19-16-17-24-22(25-19)26(21(27)18-23(4,5)6)20(14-11-8-2)15-12-9-3/h16-17,20H,7-15,18H2,1-6H3. The number of unbranched alkanes of at least 4 members (excludes halogenated alkanes) is 3. The van der Waals surface area contributed by atoms with Crippen molar-refractivity contribution in [2.45, 2.75) is 112 Å². The molecule has 0 unspecified atom stereocenters. The summed E-state index contributed by atoms with van der Waals surface area (Å²) in [4.78, 5) is 24.6. The quantitative estimate of drug-likeness (QED) is 0.428. The van der Waals surface area contributed by atoms with Crippen molar-refractivity contribution in [1.29, 1.82) is 0 Å². The molecule has 0 atom stereocenters. The average molecular weight is 376 g/mol. The van der Waals surface area contributed by atoms with Crippen LogP contribution in [0, 0.1) is 5.41 Å². The van der Waals surface area contributed by atoms with Crippen LogP contribution in [0.5, 0.6) is 0 Å². The van der Waals surface area contributed by atoms with E-state index < -0.39 is 0 Å². The highest BCUT2D eigenvalue weighted by Gasteiger charge is 2.29. The van der Waals surface area contributed by atoms with Crippen molar-refractivity contribution in [3.05, 3.63) is 18.0 Å². The van der Waals surface area contributed by atoms with E-state index in [1.807, 2.05) is 17.2 Å². The molecule has 1 aromatic heterocycles. The summed E-state index contributed by atoms with van der Waals surface area (Å²) in [5.41, 5.74) is 0.995. The van der Waals surface area contributed by atoms with Gasteiger partial charge >= 0.3 is 0 Å². The number of nitrogens with zero attached hydrogens (tertiary/aromatic N) is 3. The van der Waals surface area contributed by atoms with Crippen LogP contribution in [0.3, 0.4) is 0 Å². The number of rotatable bonds is 12. The third kappa shape index (κ3) is 8.85. The predicted molar refractivity (Wildman–Crippen MR) is 115 cm³/mol. The largest absolute Gasteiger partial charge is 0.278 e. The molecule has 0 fully saturated rings. The molecule has 1 heterocycles. The highest BCUT2D eigenvalue weighted by molar-refractivity contribution is 5.92. The first-order valence-corrected chi connectivity index (χ1v) is 11.0. The molecule has 0 radical (unpaired) electrons. The highest BCUT2D eigenvalue weighted by atomic mass is 16.2. The lowest BCUT2D eigenvalue weighted by Crippen LogP contribution is -2.43. The zero-order chi connectivity index (χ0) is 20.3. The summed E-state index contributed by atoms with van der Waals surface area (Å²) in [6.45, 7) is 13.0. The van der Waals surface area contributed by atoms with Gasteiger partial charge in [0.1, 0.15) is 0 Å². The third-order valence-corrected chi connectivity index (χ3v) is 4.80. The van der Waals surface area contributed by atoms with Gasteiger partial charge in [-0.3, -0.25) is 9.69 Å². The Morgan fingerprint density at radius 3 is 2.15 bits per heavy atom. The van der Waals surface area contributed by atoms with Gasteiger partial charge in [-0.25, -0.2) is 9.97 Å². The van der Waals surface area contributed by atoms with Gasteiger partial charge in [0, 0.05) is 24.4 Å². The molecule has 0 spiro atoms. The molecule has 0 N–H and O–H groups in total. The van der Waals surface area contributed by atoms with Gasteiger partial charge < -0.3 is 0 Å². The van der Waals surface area contributed by atoms with Gasteiger partial charge in [-0.15, -0.1) is 0 Å². The van der Waals surface area contributed by atoms with Gasteiger partial charge in [-0.05, 0) is 37.2 Å². The Morgan fingerprint density at radius 2 is 1.63 bits per heavy atom. The molecule has 0 saturated heterocycles. The molecule has 4 nitrogen and oxygen atoms in total. The van der Waals surface area contributed by atoms with E-state index in [4.69, 9.17) is 4.98 Å². The van der Waals surface area contributed by atoms with E-state index in [-0.39, 0.29) is 17.4 Å². The van der Waals surface area contributed by atoms with Crippen molar-refractivity contribution in [3.63, 3.8) is 0 Å². The summed E-state index contributed by atoms with van der Waals surface area (Å²) in [5, 5.41) is 0. The second kappa shape index (κ2) is 12.1. The molecule has 0 saturated carbocycles. The Bertz CT molecular complexity index is 543. The molecule has 0 aliphatic rings. The van der Waals surface area contributed by atoms with Crippen LogP contribution in [-0.4, -0.2) is 21.9 Å². The molecule has 0 bridgehead atoms. The first-order chi connectivity index (χ1) is 12.8. The summed E-state index contributed by atoms with van der Waals surface area (Å²) in [7, 11) is 0. The molecule has 27 heavy (non-hydrogen) atoms. The first-order valence-electron chi connectivity index (χ1n) is 11.0. The summed E-state index contributed by atoms with van der Waals surface area (Å²) in [6.07, 6.45) is 12.1. The lowest BCUT2D eigenvalue weighted by atomic mass is 9.91. The van der Waals surface area contributed by atoms with Crippen molar-refractivity contribution in [3.8, 4) is 0 Å². The van der Waals surface area contributed by atoms with Crippen molar-refractivity contribution in [1.82, 2.24) is 9.97 Å². The lowest BCUT2D eigenvalue weighted by molar-refractivity contribution is -0.120. The van der Waals surface area contributed by atoms with Gasteiger partial charge in [0.15, 0.2) is 0 Å². The van der Waals surface area contributed by atoms with Crippen molar-refractivity contribution >= 4 is 11.9 Å². The van der Waals surface area contributed by atoms with Crippen LogP contribution in [0.1, 0.15) is 105 Å². The van der Waals surface area contributed by atoms with E-state index >= 15 is 0 Å². The maximum Gasteiger partial charge on any atom is 0.232 e. The van der Waals surface area contributed by atoms with Crippen LogP contribution in [0.2, 0.25) is 0 Å². The average Bonchev–Trinajstić information content (AvgIpc) is 2.60. The molecule has 1 amide bonds. The molecule has 0 aliphatic carbocycles. The zero-order valence-corrected chi connectivity index (χ0v) is 18.6. The molecule has 0 aromatic carbocycles. The van der Waals surface area contributed by atoms with Crippen LogP contribution in [0.25, 0.3) is 0 Å². The minimum atomic E-state index is -0.0464. The van der Waals surface area contributed by atoms with Gasteiger partial charge in [0.25, 0.3) is 0 Å². The predicted octanol–water partition coefficient (Wildman–Crippen LogP) is 6.34. The third-order valence-electron chi connectivity index (χ3n) is 4.80. The summed E-state index contributed by atoms with van der Waals surface area (Å²) >= 11 is 0. The Hall–Kier alpha value is -1.45. The fourth-order valence-corrected chi connectivity index (χ4v) is 3.30. The van der Waals surface area contributed by atoms with E-state index in [0.717, 1.165) is 63.5 Å². The number of anilines is 1. The summed E-state index contributed by atoms with van der Waals surface area (Å²) in [6, 6.07) is 2.18. The van der Waals surface area contributed by atoms with Crippen LogP contribution in [-0.2, 0) is 11.2 Å². The van der Waals surface area contributed by atoms with Crippen LogP contribution in [0.4, 0.5) is 5.95 Å². The summed E-state index contributed by atoms with van der Waals surface area (Å²) in [5.74, 6) is 0.766. The number of hydrogen-bond acceptors (Lipinski definition) is 3. The molecular weight excluding hydrogens is 334 g/mol. The molecule has 1 aromatic rings. The highest BCUT2D eigenvalue weighted by Crippen LogP contribution is 2.26. The van der Waals surface area contributed by atoms with Crippen LogP contribution in [0.15, 0.2) is 12.3 Å². The van der Waals surface area contributed by atoms with Gasteiger partial charge in [-0.1, -0.05) is 73.6 Å². The van der Waals surface area contributed by atoms with E-state index in [2.05, 4.69) is 46.5 Å². The van der Waals surface area contributed by atoms with Crippen LogP contribution < -0.4 is 4.90 Å². The fourth-order valence-electron chi connectivity index (χ4n) is 3.30. The lowest BCUT2D eigenvalue weighted by Gasteiger charge is -2.32. The zero-order valence-electron chi connectivity index (χ0n) is 18.6. The van der Waals surface area contributed by atoms with Gasteiger partial charge in [0.05, 0.1) is 0 Å². The van der Waals surface area contributed by atoms with E-state index in [9.17, 15) is 4.79 Å². The molecular formula is C23H41N3O. The minimum absolute atomic E-state index is 0.0464. The Labute approximate surface area is 167 Å². The topological polar surface area (TPSA) is 46.1 Å². The first kappa shape index (κ1) is 23.6. The maximum absolute atomic E-state index is 13.3. The van der Waals surface area contributed by atoms with E-state index in [1.165, 1.54) is 0 Å². The minimum Gasteiger partial charge on any atom is -0.278 e. The maximum atomic E-state index is 13.3. The normalized spacial score (nSPS) is 11.8. The molecule has 154 valence electrons. The number of hydrogen-bond donors (Lipinski definition) is 0. The number of aryl methyl sites for hydroxylation is 1. The van der Waals surface area contributed by atoms with Crippen molar-refractivity contribution in [2.24, 2.45) is 5.41 Å². The number of amides is 1. The number of aromatic nitrogens is 2. The Morgan fingerprint density at radius 1 is 1.04 bits per heavy atom. The number of carbonyl (C=O) groups is 1. The molecule has 0 aliphatic heterocycles. The van der Waals surface area contributed by atoms with Gasteiger partial charge in [0.2, 0.25) is 11.9 Å². The monoisotopic (exact) mass is 375 g/mol. The van der Waals surface area contributed by atoms with Gasteiger partial charge in [-0.2, -0.15) is 0 Å². The summed E-state index contributed by atoms with van der Waals surface area (Å²) < 4.78 is 0. The second-order valence-corrected chi connectivity index (χ2v) is 8.89. The Kier molecular flexibility index (Phi) is 10.6. The van der Waals surface area contributed by atoms with E-state index in [0.29, 0.717) is 12.4 Å². The SMILES string of the molecule is CCCCc1ccnc(N(C(=O)CC(C)(C)C)C(CCCC)CCCC)n1. The number of carbonyl (C=O) groups excluding carboxylic acids is 1. The van der Waals surface area contributed by atoms with E-state index in [1.54, 1.807) is 0 Å². The molecule has 4 heteroatoms. The molecule has 1 rings (SSSR count). The second-order valence-electron chi connectivity index (χ2n) is 8.89. The van der Waals surface area contributed by atoms with Crippen LogP contribution >= 0.6 is 0 Å². The van der Waals surface area contributed by atoms with Crippen molar-refractivity contribution in [2.75, 3.05) is 4.90 Å². The van der Waals surface area contributed by atoms with Crippen molar-refractivity contribution < 1.29 is 4.79 Å². The smallest absolute Gasteiger partial charge is 0.232 e. The Balaban J connectivity index is 3.19.